The van der Waals surface area contributed by atoms with Gasteiger partial charge in [0.2, 0.25) is 0 Å². The number of carbonyl (C=O) groups is 2. The number of rotatable bonds is 6. The molecule has 1 aromatic rings. The number of methoxy groups -OCH3 is 1. The van der Waals surface area contributed by atoms with Crippen molar-refractivity contribution in [3.8, 4) is 5.75 Å². The molecule has 1 aromatic carbocycles. The Hall–Kier alpha value is -2.24. The van der Waals surface area contributed by atoms with Gasteiger partial charge in [-0.15, -0.1) is 0 Å². The van der Waals surface area contributed by atoms with Gasteiger partial charge in [0.25, 0.3) is 0 Å². The molecule has 1 rings (SSSR count). The minimum atomic E-state index is -0.878. The lowest BCUT2D eigenvalue weighted by molar-refractivity contribution is -0.137. The molecular formula is C16H24N2O4. The van der Waals surface area contributed by atoms with Gasteiger partial charge in [0, 0.05) is 17.6 Å². The molecule has 22 heavy (non-hydrogen) atoms. The first-order valence-electron chi connectivity index (χ1n) is 7.11. The molecule has 0 fully saturated rings. The van der Waals surface area contributed by atoms with E-state index in [1.807, 2.05) is 26.0 Å². The van der Waals surface area contributed by atoms with Crippen LogP contribution in [0, 0.1) is 13.8 Å². The molecule has 0 spiro atoms. The van der Waals surface area contributed by atoms with E-state index in [4.69, 9.17) is 9.84 Å². The van der Waals surface area contributed by atoms with Crippen LogP contribution in [-0.2, 0) is 4.79 Å². The summed E-state index contributed by atoms with van der Waals surface area (Å²) in [6.07, 6.45) is 0.365. The maximum atomic E-state index is 12.1. The minimum Gasteiger partial charge on any atom is -0.496 e. The highest BCUT2D eigenvalue weighted by Crippen LogP contribution is 2.26. The van der Waals surface area contributed by atoms with Crippen LogP contribution in [-0.4, -0.2) is 29.8 Å². The van der Waals surface area contributed by atoms with E-state index in [0.717, 1.165) is 16.9 Å². The van der Waals surface area contributed by atoms with Crippen LogP contribution in [0.15, 0.2) is 12.1 Å². The molecule has 0 atom stereocenters. The highest BCUT2D eigenvalue weighted by Gasteiger charge is 2.21. The Morgan fingerprint density at radius 3 is 2.41 bits per heavy atom. The van der Waals surface area contributed by atoms with Crippen molar-refractivity contribution >= 4 is 17.7 Å². The highest BCUT2D eigenvalue weighted by atomic mass is 16.5. The molecule has 0 radical (unpaired) electrons. The largest absolute Gasteiger partial charge is 0.496 e. The lowest BCUT2D eigenvalue weighted by Gasteiger charge is -2.26. The normalized spacial score (nSPS) is 11.0. The van der Waals surface area contributed by atoms with Gasteiger partial charge in [0.1, 0.15) is 5.75 Å². The molecule has 0 saturated heterocycles. The van der Waals surface area contributed by atoms with Crippen LogP contribution in [0.1, 0.15) is 37.8 Å². The van der Waals surface area contributed by atoms with Gasteiger partial charge in [0.15, 0.2) is 0 Å². The molecule has 0 bridgehead atoms. The highest BCUT2D eigenvalue weighted by molar-refractivity contribution is 5.90. The quantitative estimate of drug-likeness (QED) is 0.753. The Morgan fingerprint density at radius 1 is 1.23 bits per heavy atom. The van der Waals surface area contributed by atoms with Crippen molar-refractivity contribution < 1.29 is 19.4 Å². The molecule has 0 heterocycles. The van der Waals surface area contributed by atoms with E-state index in [1.54, 1.807) is 21.0 Å². The summed E-state index contributed by atoms with van der Waals surface area (Å²) in [4.78, 5) is 22.7. The van der Waals surface area contributed by atoms with E-state index < -0.39 is 11.5 Å². The Labute approximate surface area is 130 Å². The molecule has 0 aliphatic heterocycles. The summed E-state index contributed by atoms with van der Waals surface area (Å²) in [5.41, 5.74) is 1.91. The van der Waals surface area contributed by atoms with Crippen LogP contribution in [0.2, 0.25) is 0 Å². The first-order valence-corrected chi connectivity index (χ1v) is 7.11. The molecule has 2 amide bonds. The van der Waals surface area contributed by atoms with Crippen LogP contribution in [0.5, 0.6) is 5.75 Å². The number of hydrogen-bond acceptors (Lipinski definition) is 3. The average molecular weight is 308 g/mol. The summed E-state index contributed by atoms with van der Waals surface area (Å²) in [5.74, 6) is -0.109. The van der Waals surface area contributed by atoms with Crippen LogP contribution in [0.4, 0.5) is 10.5 Å². The average Bonchev–Trinajstić information content (AvgIpc) is 2.39. The van der Waals surface area contributed by atoms with Crippen molar-refractivity contribution in [2.75, 3.05) is 12.4 Å². The number of carboxylic acids is 1. The zero-order valence-corrected chi connectivity index (χ0v) is 13.7. The van der Waals surface area contributed by atoms with Crippen molar-refractivity contribution in [3.05, 3.63) is 23.3 Å². The predicted octanol–water partition coefficient (Wildman–Crippen LogP) is 3.08. The first kappa shape index (κ1) is 17.8. The summed E-state index contributed by atoms with van der Waals surface area (Å²) in [7, 11) is 1.60. The predicted molar refractivity (Wildman–Crippen MR) is 85.6 cm³/mol. The third-order valence-corrected chi connectivity index (χ3v) is 3.41. The van der Waals surface area contributed by atoms with Gasteiger partial charge in [-0.25, -0.2) is 4.79 Å². The molecule has 3 N–H and O–H groups in total. The van der Waals surface area contributed by atoms with E-state index >= 15 is 0 Å². The number of urea groups is 1. The summed E-state index contributed by atoms with van der Waals surface area (Å²) in [6.45, 7) is 7.37. The molecule has 0 aromatic heterocycles. The van der Waals surface area contributed by atoms with Crippen LogP contribution >= 0.6 is 0 Å². The van der Waals surface area contributed by atoms with Gasteiger partial charge in [-0.05, 0) is 57.4 Å². The Morgan fingerprint density at radius 2 is 1.86 bits per heavy atom. The third kappa shape index (κ3) is 5.27. The number of nitrogens with one attached hydrogen (secondary N) is 2. The SMILES string of the molecule is COc1cc(C)c(NC(=O)NC(C)(C)CCC(=O)O)cc1C. The van der Waals surface area contributed by atoms with Gasteiger partial charge < -0.3 is 20.5 Å². The topological polar surface area (TPSA) is 87.7 Å². The van der Waals surface area contributed by atoms with Gasteiger partial charge in [-0.2, -0.15) is 0 Å². The second-order valence-corrected chi connectivity index (χ2v) is 5.99. The van der Waals surface area contributed by atoms with Gasteiger partial charge in [-0.3, -0.25) is 4.79 Å². The summed E-state index contributed by atoms with van der Waals surface area (Å²) in [6, 6.07) is 3.35. The maximum Gasteiger partial charge on any atom is 0.319 e. The van der Waals surface area contributed by atoms with E-state index in [1.165, 1.54) is 0 Å². The zero-order chi connectivity index (χ0) is 16.9. The summed E-state index contributed by atoms with van der Waals surface area (Å²) < 4.78 is 5.24. The molecule has 0 saturated carbocycles. The zero-order valence-electron chi connectivity index (χ0n) is 13.7. The third-order valence-electron chi connectivity index (χ3n) is 3.41. The molecule has 0 aliphatic carbocycles. The number of aryl methyl sites for hydroxylation is 2. The summed E-state index contributed by atoms with van der Waals surface area (Å²) in [5, 5.41) is 14.3. The number of aliphatic carboxylic acids is 1. The van der Waals surface area contributed by atoms with Gasteiger partial charge in [-0.1, -0.05) is 0 Å². The number of carboxylic acid groups (broad SMARTS) is 1. The monoisotopic (exact) mass is 308 g/mol. The summed E-state index contributed by atoms with van der Waals surface area (Å²) >= 11 is 0. The Balaban J connectivity index is 2.73. The fraction of sp³-hybridized carbons (Fsp3) is 0.500. The number of ether oxygens (including phenoxy) is 1. The van der Waals surface area contributed by atoms with Crippen molar-refractivity contribution in [2.24, 2.45) is 0 Å². The molecule has 0 aliphatic rings. The second-order valence-electron chi connectivity index (χ2n) is 5.99. The molecule has 0 unspecified atom stereocenters. The molecule has 6 heteroatoms. The Bertz CT molecular complexity index is 568. The second kappa shape index (κ2) is 7.15. The number of anilines is 1. The van der Waals surface area contributed by atoms with E-state index in [-0.39, 0.29) is 12.5 Å². The lowest BCUT2D eigenvalue weighted by atomic mass is 9.99. The fourth-order valence-corrected chi connectivity index (χ4v) is 2.09. The van der Waals surface area contributed by atoms with Crippen LogP contribution in [0.25, 0.3) is 0 Å². The number of amides is 2. The van der Waals surface area contributed by atoms with Crippen molar-refractivity contribution in [3.63, 3.8) is 0 Å². The number of carbonyl (C=O) groups excluding carboxylic acids is 1. The number of hydrogen-bond donors (Lipinski definition) is 3. The van der Waals surface area contributed by atoms with E-state index in [2.05, 4.69) is 10.6 Å². The van der Waals surface area contributed by atoms with Crippen LogP contribution < -0.4 is 15.4 Å². The first-order chi connectivity index (χ1) is 10.1. The van der Waals surface area contributed by atoms with Crippen LogP contribution in [0.3, 0.4) is 0 Å². The lowest BCUT2D eigenvalue weighted by Crippen LogP contribution is -2.45. The van der Waals surface area contributed by atoms with E-state index in [9.17, 15) is 9.59 Å². The minimum absolute atomic E-state index is 0.00789. The molecule has 6 nitrogen and oxygen atoms in total. The Kier molecular flexibility index (Phi) is 5.79. The smallest absolute Gasteiger partial charge is 0.319 e. The maximum absolute atomic E-state index is 12.1. The van der Waals surface area contributed by atoms with Gasteiger partial charge >= 0.3 is 12.0 Å². The van der Waals surface area contributed by atoms with Crippen molar-refractivity contribution in [1.29, 1.82) is 0 Å². The van der Waals surface area contributed by atoms with Crippen molar-refractivity contribution in [2.45, 2.75) is 46.1 Å². The standard InChI is InChI=1S/C16H24N2O4/c1-10-9-13(22-5)11(2)8-12(10)17-15(21)18-16(3,4)7-6-14(19)20/h8-9H,6-7H2,1-5H3,(H,19,20)(H2,17,18,21). The molecular weight excluding hydrogens is 284 g/mol. The van der Waals surface area contributed by atoms with Crippen molar-refractivity contribution in [1.82, 2.24) is 5.32 Å². The fourth-order valence-electron chi connectivity index (χ4n) is 2.09. The number of benzene rings is 1. The molecule has 122 valence electrons. The van der Waals surface area contributed by atoms with Gasteiger partial charge in [0.05, 0.1) is 7.11 Å². The van der Waals surface area contributed by atoms with E-state index in [0.29, 0.717) is 12.1 Å².